The van der Waals surface area contributed by atoms with Gasteiger partial charge in [0.1, 0.15) is 6.04 Å². The number of carbonyl (C=O) groups is 1. The minimum absolute atomic E-state index is 0.286. The number of nitrogens with zero attached hydrogens (tertiary/aromatic N) is 2. The Labute approximate surface area is 177 Å². The highest BCUT2D eigenvalue weighted by Gasteiger charge is 2.38. The second-order valence-corrected chi connectivity index (χ2v) is 7.55. The first-order valence-electron chi connectivity index (χ1n) is 10.3. The molecular weight excluding hydrogens is 372 g/mol. The van der Waals surface area contributed by atoms with Gasteiger partial charge in [0.25, 0.3) is 0 Å². The minimum Gasteiger partial charge on any atom is -0.467 e. The monoisotopic (exact) mass is 398 g/mol. The quantitative estimate of drug-likeness (QED) is 0.322. The van der Waals surface area contributed by atoms with Crippen LogP contribution in [0, 0.1) is 0 Å². The smallest absolute Gasteiger partial charge is 0.330 e. The molecular formula is C26H26N2O2. The summed E-state index contributed by atoms with van der Waals surface area (Å²) in [6.07, 6.45) is 0.655. The number of aliphatic imine (C=N–C) groups is 1. The molecule has 4 nitrogen and oxygen atoms in total. The molecule has 0 spiro atoms. The average molecular weight is 399 g/mol. The van der Waals surface area contributed by atoms with E-state index >= 15 is 0 Å². The maximum atomic E-state index is 12.6. The van der Waals surface area contributed by atoms with Gasteiger partial charge in [-0.3, -0.25) is 9.89 Å². The van der Waals surface area contributed by atoms with Crippen LogP contribution in [0.2, 0.25) is 0 Å². The largest absolute Gasteiger partial charge is 0.467 e. The lowest BCUT2D eigenvalue weighted by molar-refractivity contribution is -0.142. The van der Waals surface area contributed by atoms with Gasteiger partial charge in [0, 0.05) is 30.3 Å². The van der Waals surface area contributed by atoms with Crippen molar-refractivity contribution in [3.05, 3.63) is 108 Å². The Bertz CT molecular complexity index is 946. The molecule has 3 unspecified atom stereocenters. The Kier molecular flexibility index (Phi) is 6.35. The molecule has 4 rings (SSSR count). The molecule has 1 heterocycles. The van der Waals surface area contributed by atoms with E-state index in [4.69, 9.17) is 9.73 Å². The minimum atomic E-state index is -0.531. The molecule has 1 saturated heterocycles. The third-order valence-electron chi connectivity index (χ3n) is 5.40. The first kappa shape index (κ1) is 20.0. The number of ether oxygens (including phenoxy) is 1. The number of benzene rings is 3. The van der Waals surface area contributed by atoms with Crippen molar-refractivity contribution < 1.29 is 9.53 Å². The summed E-state index contributed by atoms with van der Waals surface area (Å²) in [6, 6.07) is 30.2. The van der Waals surface area contributed by atoms with Crippen molar-refractivity contribution in [2.24, 2.45) is 4.99 Å². The average Bonchev–Trinajstić information content (AvgIpc) is 3.54. The molecule has 1 fully saturated rings. The van der Waals surface area contributed by atoms with Crippen molar-refractivity contribution >= 4 is 11.7 Å². The number of esters is 1. The van der Waals surface area contributed by atoms with Gasteiger partial charge in [0.15, 0.2) is 0 Å². The van der Waals surface area contributed by atoms with Crippen LogP contribution in [-0.4, -0.2) is 42.3 Å². The van der Waals surface area contributed by atoms with Crippen LogP contribution >= 0.6 is 0 Å². The fourth-order valence-corrected chi connectivity index (χ4v) is 3.72. The Morgan fingerprint density at radius 2 is 1.47 bits per heavy atom. The summed E-state index contributed by atoms with van der Waals surface area (Å²) in [4.78, 5) is 19.9. The first-order valence-corrected chi connectivity index (χ1v) is 10.3. The van der Waals surface area contributed by atoms with Gasteiger partial charge in [0.05, 0.1) is 12.8 Å². The second kappa shape index (κ2) is 9.51. The molecule has 0 amide bonds. The molecule has 0 bridgehead atoms. The molecule has 3 aromatic rings. The maximum absolute atomic E-state index is 12.6. The Hall–Kier alpha value is -3.24. The third-order valence-corrected chi connectivity index (χ3v) is 5.40. The SMILES string of the molecule is COC(=O)C(CC1CN1Cc1ccccc1)N=C(c1ccccc1)c1ccccc1. The molecule has 0 aromatic heterocycles. The molecule has 3 aromatic carbocycles. The lowest BCUT2D eigenvalue weighted by atomic mass is 10.0. The molecule has 3 atom stereocenters. The van der Waals surface area contributed by atoms with Gasteiger partial charge in [-0.2, -0.15) is 0 Å². The van der Waals surface area contributed by atoms with Gasteiger partial charge in [-0.05, 0) is 12.0 Å². The van der Waals surface area contributed by atoms with E-state index < -0.39 is 6.04 Å². The summed E-state index contributed by atoms with van der Waals surface area (Å²) in [6.45, 7) is 1.87. The van der Waals surface area contributed by atoms with E-state index in [1.807, 2.05) is 66.7 Å². The van der Waals surface area contributed by atoms with Crippen molar-refractivity contribution in [3.63, 3.8) is 0 Å². The van der Waals surface area contributed by atoms with E-state index in [2.05, 4.69) is 29.2 Å². The zero-order valence-electron chi connectivity index (χ0n) is 17.1. The van der Waals surface area contributed by atoms with Crippen LogP contribution in [0.25, 0.3) is 0 Å². The van der Waals surface area contributed by atoms with Crippen molar-refractivity contribution in [2.75, 3.05) is 13.7 Å². The molecule has 0 aliphatic carbocycles. The fraction of sp³-hybridized carbons (Fsp3) is 0.231. The Balaban J connectivity index is 1.56. The van der Waals surface area contributed by atoms with Crippen molar-refractivity contribution in [2.45, 2.75) is 25.0 Å². The number of hydrogen-bond acceptors (Lipinski definition) is 4. The summed E-state index contributed by atoms with van der Waals surface area (Å²) in [7, 11) is 1.43. The van der Waals surface area contributed by atoms with E-state index in [-0.39, 0.29) is 5.97 Å². The highest BCUT2D eigenvalue weighted by molar-refractivity contribution is 6.13. The summed E-state index contributed by atoms with van der Waals surface area (Å²) < 4.78 is 5.10. The summed E-state index contributed by atoms with van der Waals surface area (Å²) >= 11 is 0. The van der Waals surface area contributed by atoms with Gasteiger partial charge in [-0.15, -0.1) is 0 Å². The molecule has 1 aliphatic rings. The van der Waals surface area contributed by atoms with Crippen LogP contribution in [-0.2, 0) is 16.1 Å². The molecule has 4 heteroatoms. The van der Waals surface area contributed by atoms with E-state index in [9.17, 15) is 4.79 Å². The van der Waals surface area contributed by atoms with Gasteiger partial charge in [0.2, 0.25) is 0 Å². The molecule has 0 radical (unpaired) electrons. The van der Waals surface area contributed by atoms with Crippen LogP contribution in [0.4, 0.5) is 0 Å². The van der Waals surface area contributed by atoms with Crippen molar-refractivity contribution in [1.29, 1.82) is 0 Å². The van der Waals surface area contributed by atoms with Crippen LogP contribution in [0.5, 0.6) is 0 Å². The predicted octanol–water partition coefficient (Wildman–Crippen LogP) is 4.34. The summed E-state index contributed by atoms with van der Waals surface area (Å²) in [5, 5.41) is 0. The van der Waals surface area contributed by atoms with Crippen LogP contribution in [0.1, 0.15) is 23.1 Å². The van der Waals surface area contributed by atoms with Gasteiger partial charge < -0.3 is 4.74 Å². The lowest BCUT2D eigenvalue weighted by Gasteiger charge is -2.15. The van der Waals surface area contributed by atoms with Gasteiger partial charge in [-0.25, -0.2) is 4.79 Å². The zero-order valence-corrected chi connectivity index (χ0v) is 17.1. The third kappa shape index (κ3) is 5.02. The van der Waals surface area contributed by atoms with Crippen LogP contribution in [0.3, 0.4) is 0 Å². The predicted molar refractivity (Wildman–Crippen MR) is 120 cm³/mol. The summed E-state index contributed by atoms with van der Waals surface area (Å²) in [5.41, 5.74) is 4.10. The second-order valence-electron chi connectivity index (χ2n) is 7.55. The van der Waals surface area contributed by atoms with E-state index in [0.717, 1.165) is 29.9 Å². The molecule has 0 N–H and O–H groups in total. The first-order chi connectivity index (χ1) is 14.7. The maximum Gasteiger partial charge on any atom is 0.330 e. The number of rotatable bonds is 8. The fourth-order valence-electron chi connectivity index (χ4n) is 3.72. The van der Waals surface area contributed by atoms with E-state index in [0.29, 0.717) is 12.5 Å². The van der Waals surface area contributed by atoms with E-state index in [1.54, 1.807) is 0 Å². The molecule has 30 heavy (non-hydrogen) atoms. The van der Waals surface area contributed by atoms with Crippen molar-refractivity contribution in [3.8, 4) is 0 Å². The number of methoxy groups -OCH3 is 1. The van der Waals surface area contributed by atoms with E-state index in [1.165, 1.54) is 12.7 Å². The van der Waals surface area contributed by atoms with Crippen LogP contribution < -0.4 is 0 Å². The standard InChI is InChI=1S/C26H26N2O2/c1-30-26(29)24(17-23-19-28(23)18-20-11-5-2-6-12-20)27-25(21-13-7-3-8-14-21)22-15-9-4-10-16-22/h2-16,23-24H,17-19H2,1H3. The summed E-state index contributed by atoms with van der Waals surface area (Å²) in [5.74, 6) is -0.286. The number of hydrogen-bond donors (Lipinski definition) is 0. The molecule has 152 valence electrons. The zero-order chi connectivity index (χ0) is 20.8. The van der Waals surface area contributed by atoms with Crippen molar-refractivity contribution in [1.82, 2.24) is 4.90 Å². The molecule has 1 aliphatic heterocycles. The van der Waals surface area contributed by atoms with Gasteiger partial charge >= 0.3 is 5.97 Å². The topological polar surface area (TPSA) is 41.7 Å². The highest BCUT2D eigenvalue weighted by atomic mass is 16.5. The normalized spacial score (nSPS) is 18.3. The number of carbonyl (C=O) groups excluding carboxylic acids is 1. The molecule has 0 saturated carbocycles. The van der Waals surface area contributed by atoms with Gasteiger partial charge in [-0.1, -0.05) is 91.0 Å². The van der Waals surface area contributed by atoms with Crippen LogP contribution in [0.15, 0.2) is 96.0 Å². The highest BCUT2D eigenvalue weighted by Crippen LogP contribution is 2.27. The Morgan fingerprint density at radius 3 is 2.00 bits per heavy atom. The lowest BCUT2D eigenvalue weighted by Crippen LogP contribution is -2.25. The Morgan fingerprint density at radius 1 is 0.933 bits per heavy atom.